The van der Waals surface area contributed by atoms with Crippen molar-refractivity contribution in [1.29, 1.82) is 0 Å². The topological polar surface area (TPSA) is 83.7 Å². The van der Waals surface area contributed by atoms with E-state index in [-0.39, 0.29) is 21.4 Å². The minimum atomic E-state index is -3.49. The molecule has 0 spiro atoms. The van der Waals surface area contributed by atoms with E-state index in [4.69, 9.17) is 5.73 Å². The van der Waals surface area contributed by atoms with E-state index in [2.05, 4.69) is 0 Å². The van der Waals surface area contributed by atoms with Gasteiger partial charge in [0.2, 0.25) is 0 Å². The van der Waals surface area contributed by atoms with Crippen LogP contribution in [0, 0.1) is 0 Å². The molecule has 0 radical (unpaired) electrons. The minimum Gasteiger partial charge on any atom is -0.396 e. The average molecular weight is 319 g/mol. The first-order chi connectivity index (χ1) is 9.11. The Morgan fingerprint density at radius 2 is 1.85 bits per heavy atom. The third-order valence-electron chi connectivity index (χ3n) is 2.76. The van der Waals surface area contributed by atoms with Crippen molar-refractivity contribution >= 4 is 37.8 Å². The van der Waals surface area contributed by atoms with Gasteiger partial charge in [-0.1, -0.05) is 6.92 Å². The molecule has 0 aliphatic heterocycles. The molecule has 2 N–H and O–H groups in total. The second kappa shape index (κ2) is 6.01. The Hall–Kier alpha value is -1.28. The second-order valence-electron chi connectivity index (χ2n) is 4.87. The summed E-state index contributed by atoms with van der Waals surface area (Å²) in [4.78, 5) is 15.6. The van der Waals surface area contributed by atoms with Crippen LogP contribution in [0.2, 0.25) is 0 Å². The van der Waals surface area contributed by atoms with Gasteiger partial charge < -0.3 is 15.5 Å². The molecule has 0 unspecified atom stereocenters. The molecule has 1 amide bonds. The Kier molecular flexibility index (Phi) is 5.04. The zero-order valence-corrected chi connectivity index (χ0v) is 14.1. The quantitative estimate of drug-likeness (QED) is 0.884. The highest BCUT2D eigenvalue weighted by Crippen LogP contribution is 2.41. The summed E-state index contributed by atoms with van der Waals surface area (Å²) in [5.41, 5.74) is 5.97. The fraction of sp³-hybridized carbons (Fsp3) is 0.583. The van der Waals surface area contributed by atoms with E-state index < -0.39 is 9.84 Å². The van der Waals surface area contributed by atoms with E-state index in [1.54, 1.807) is 21.1 Å². The molecule has 0 aromatic carbocycles. The summed E-state index contributed by atoms with van der Waals surface area (Å²) in [6, 6.07) is 0. The second-order valence-corrected chi connectivity index (χ2v) is 7.82. The largest absolute Gasteiger partial charge is 0.396 e. The van der Waals surface area contributed by atoms with Gasteiger partial charge in [-0.2, -0.15) is 0 Å². The Balaban J connectivity index is 3.51. The molecule has 20 heavy (non-hydrogen) atoms. The molecule has 6 nitrogen and oxygen atoms in total. The van der Waals surface area contributed by atoms with Crippen LogP contribution in [0.4, 0.5) is 10.7 Å². The summed E-state index contributed by atoms with van der Waals surface area (Å²) in [7, 11) is 1.52. The highest BCUT2D eigenvalue weighted by Gasteiger charge is 2.29. The Bertz CT molecular complexity index is 606. The lowest BCUT2D eigenvalue weighted by Gasteiger charge is -2.17. The molecule has 0 fully saturated rings. The highest BCUT2D eigenvalue weighted by atomic mass is 32.2. The third kappa shape index (κ3) is 3.24. The summed E-state index contributed by atoms with van der Waals surface area (Å²) in [6.07, 6.45) is 1.98. The van der Waals surface area contributed by atoms with Crippen LogP contribution in [0.3, 0.4) is 0 Å². The zero-order chi connectivity index (χ0) is 15.7. The molecule has 0 aliphatic rings. The van der Waals surface area contributed by atoms with Gasteiger partial charge in [-0.15, -0.1) is 11.3 Å². The van der Waals surface area contributed by atoms with Gasteiger partial charge in [-0.05, 0) is 6.42 Å². The number of sulfone groups is 1. The number of thiophene rings is 1. The summed E-state index contributed by atoms with van der Waals surface area (Å²) < 4.78 is 23.9. The number of rotatable bonds is 5. The normalized spacial score (nSPS) is 11.4. The van der Waals surface area contributed by atoms with E-state index in [0.29, 0.717) is 11.5 Å². The van der Waals surface area contributed by atoms with E-state index in [0.717, 1.165) is 24.0 Å². The SMILES string of the molecule is CCCN(C)c1sc(C(=O)N(C)C)c(N)c1S(C)(=O)=O. The highest BCUT2D eigenvalue weighted by molar-refractivity contribution is 7.91. The number of nitrogens with zero attached hydrogens (tertiary/aromatic N) is 2. The van der Waals surface area contributed by atoms with Crippen LogP contribution in [0.15, 0.2) is 4.90 Å². The van der Waals surface area contributed by atoms with Crippen LogP contribution in [0.1, 0.15) is 23.0 Å². The number of nitrogens with two attached hydrogens (primary N) is 1. The first-order valence-electron chi connectivity index (χ1n) is 6.16. The summed E-state index contributed by atoms with van der Waals surface area (Å²) in [5.74, 6) is -0.284. The van der Waals surface area contributed by atoms with Crippen molar-refractivity contribution in [3.05, 3.63) is 4.88 Å². The maximum Gasteiger partial charge on any atom is 0.265 e. The number of carbonyl (C=O) groups excluding carboxylic acids is 1. The predicted molar refractivity (Wildman–Crippen MR) is 83.4 cm³/mol. The van der Waals surface area contributed by atoms with Gasteiger partial charge in [-0.25, -0.2) is 8.42 Å². The fourth-order valence-electron chi connectivity index (χ4n) is 1.82. The Labute approximate surface area is 124 Å². The molecule has 0 saturated heterocycles. The van der Waals surface area contributed by atoms with E-state index in [9.17, 15) is 13.2 Å². The van der Waals surface area contributed by atoms with Gasteiger partial charge in [-0.3, -0.25) is 4.79 Å². The molecule has 114 valence electrons. The summed E-state index contributed by atoms with van der Waals surface area (Å²) in [5, 5.41) is 0.525. The standard InChI is InChI=1S/C12H21N3O3S2/c1-6-7-15(4)12-10(20(5,17)18)8(13)9(19-12)11(16)14(2)3/h6-7,13H2,1-5H3. The van der Waals surface area contributed by atoms with Crippen LogP contribution in [0.25, 0.3) is 0 Å². The van der Waals surface area contributed by atoms with Crippen molar-refractivity contribution in [1.82, 2.24) is 4.90 Å². The van der Waals surface area contributed by atoms with Crippen molar-refractivity contribution in [3.8, 4) is 0 Å². The van der Waals surface area contributed by atoms with Crippen molar-refractivity contribution in [3.63, 3.8) is 0 Å². The number of hydrogen-bond donors (Lipinski definition) is 1. The van der Waals surface area contributed by atoms with E-state index >= 15 is 0 Å². The molecule has 1 aromatic rings. The van der Waals surface area contributed by atoms with E-state index in [1.807, 2.05) is 11.8 Å². The van der Waals surface area contributed by atoms with Gasteiger partial charge in [0.05, 0.1) is 5.69 Å². The minimum absolute atomic E-state index is 0.0501. The van der Waals surface area contributed by atoms with Crippen molar-refractivity contribution in [2.45, 2.75) is 18.2 Å². The van der Waals surface area contributed by atoms with Gasteiger partial charge in [0.1, 0.15) is 14.8 Å². The molecule has 1 aromatic heterocycles. The number of amides is 1. The fourth-order valence-corrected chi connectivity index (χ4v) is 4.57. The molecular weight excluding hydrogens is 298 g/mol. The van der Waals surface area contributed by atoms with Crippen molar-refractivity contribution < 1.29 is 13.2 Å². The maximum absolute atomic E-state index is 12.1. The zero-order valence-electron chi connectivity index (χ0n) is 12.4. The monoisotopic (exact) mass is 319 g/mol. The molecule has 1 rings (SSSR count). The van der Waals surface area contributed by atoms with Crippen LogP contribution in [0.5, 0.6) is 0 Å². The average Bonchev–Trinajstić information content (AvgIpc) is 2.65. The summed E-state index contributed by atoms with van der Waals surface area (Å²) >= 11 is 1.13. The maximum atomic E-state index is 12.1. The number of carbonyl (C=O) groups is 1. The van der Waals surface area contributed by atoms with Gasteiger partial charge in [0, 0.05) is 33.9 Å². The Morgan fingerprint density at radius 3 is 2.25 bits per heavy atom. The number of anilines is 2. The number of hydrogen-bond acceptors (Lipinski definition) is 6. The van der Waals surface area contributed by atoms with Crippen molar-refractivity contribution in [2.75, 3.05) is 44.6 Å². The van der Waals surface area contributed by atoms with Gasteiger partial charge in [0.15, 0.2) is 9.84 Å². The molecule has 0 aliphatic carbocycles. The lowest BCUT2D eigenvalue weighted by atomic mass is 10.3. The predicted octanol–water partition coefficient (Wildman–Crippen LogP) is 1.28. The summed E-state index contributed by atoms with van der Waals surface area (Å²) in [6.45, 7) is 2.69. The third-order valence-corrected chi connectivity index (χ3v) is 5.35. The Morgan fingerprint density at radius 1 is 1.30 bits per heavy atom. The molecule has 1 heterocycles. The van der Waals surface area contributed by atoms with Crippen molar-refractivity contribution in [2.24, 2.45) is 0 Å². The molecule has 8 heteroatoms. The molecule has 0 atom stereocenters. The van der Waals surface area contributed by atoms with Crippen LogP contribution in [-0.2, 0) is 9.84 Å². The first-order valence-corrected chi connectivity index (χ1v) is 8.87. The number of nitrogen functional groups attached to an aromatic ring is 1. The lowest BCUT2D eigenvalue weighted by molar-refractivity contribution is 0.0833. The van der Waals surface area contributed by atoms with Crippen LogP contribution < -0.4 is 10.6 Å². The van der Waals surface area contributed by atoms with Crippen LogP contribution >= 0.6 is 11.3 Å². The molecular formula is C12H21N3O3S2. The van der Waals surface area contributed by atoms with E-state index in [1.165, 1.54) is 4.90 Å². The molecule has 0 bridgehead atoms. The first kappa shape index (κ1) is 16.8. The smallest absolute Gasteiger partial charge is 0.265 e. The lowest BCUT2D eigenvalue weighted by Crippen LogP contribution is -2.21. The van der Waals surface area contributed by atoms with Gasteiger partial charge in [0.25, 0.3) is 5.91 Å². The van der Waals surface area contributed by atoms with Crippen LogP contribution in [-0.4, -0.2) is 53.2 Å². The molecule has 0 saturated carbocycles. The van der Waals surface area contributed by atoms with Gasteiger partial charge >= 0.3 is 0 Å².